The van der Waals surface area contributed by atoms with E-state index in [-0.39, 0.29) is 17.5 Å². The van der Waals surface area contributed by atoms with Crippen LogP contribution < -0.4 is 4.74 Å². The fourth-order valence-electron chi connectivity index (χ4n) is 3.15. The molecule has 7 heteroatoms. The van der Waals surface area contributed by atoms with Gasteiger partial charge in [0, 0.05) is 0 Å². The highest BCUT2D eigenvalue weighted by Gasteiger charge is 2.35. The normalized spacial score (nSPS) is 18.2. The average Bonchev–Trinajstić information content (AvgIpc) is 3.16. The molecule has 0 saturated carbocycles. The second-order valence-corrected chi connectivity index (χ2v) is 8.04. The van der Waals surface area contributed by atoms with Crippen molar-refractivity contribution in [2.24, 2.45) is 10.1 Å². The van der Waals surface area contributed by atoms with Gasteiger partial charge in [0.15, 0.2) is 5.84 Å². The van der Waals surface area contributed by atoms with Gasteiger partial charge in [0.2, 0.25) is 5.17 Å². The Balaban J connectivity index is 1.50. The summed E-state index contributed by atoms with van der Waals surface area (Å²) in [5.41, 5.74) is 2.13. The van der Waals surface area contributed by atoms with Gasteiger partial charge in [-0.25, -0.2) is 0 Å². The number of hydrazone groups is 1. The van der Waals surface area contributed by atoms with E-state index in [9.17, 15) is 4.79 Å². The van der Waals surface area contributed by atoms with Crippen LogP contribution in [0.1, 0.15) is 43.9 Å². The molecule has 1 unspecified atom stereocenters. The van der Waals surface area contributed by atoms with Gasteiger partial charge in [0.05, 0.1) is 5.57 Å². The molecule has 2 aromatic rings. The molecule has 30 heavy (non-hydrogen) atoms. The van der Waals surface area contributed by atoms with Crippen molar-refractivity contribution in [1.82, 2.24) is 5.01 Å². The van der Waals surface area contributed by atoms with Crippen LogP contribution in [0.15, 0.2) is 70.3 Å². The number of carbonyl (C=O) groups excluding carboxylic acids is 1. The maximum absolute atomic E-state index is 12.5. The summed E-state index contributed by atoms with van der Waals surface area (Å²) in [5, 5.41) is 15.6. The van der Waals surface area contributed by atoms with E-state index < -0.39 is 5.91 Å². The second kappa shape index (κ2) is 8.67. The molecule has 2 aliphatic heterocycles. The number of fused-ring (bicyclic) bond motifs is 1. The van der Waals surface area contributed by atoms with Gasteiger partial charge in [-0.15, -0.1) is 0 Å². The summed E-state index contributed by atoms with van der Waals surface area (Å²) in [6, 6.07) is 17.5. The number of nitrogens with one attached hydrogen (secondary N) is 1. The third-order valence-corrected chi connectivity index (χ3v) is 5.70. The molecule has 1 N–H and O–H groups in total. The van der Waals surface area contributed by atoms with Crippen molar-refractivity contribution in [1.29, 1.82) is 5.41 Å². The van der Waals surface area contributed by atoms with Crippen molar-refractivity contribution < 1.29 is 9.53 Å². The first-order valence-electron chi connectivity index (χ1n) is 9.86. The van der Waals surface area contributed by atoms with Crippen LogP contribution in [0.25, 0.3) is 6.08 Å². The van der Waals surface area contributed by atoms with Gasteiger partial charge in [-0.05, 0) is 60.9 Å². The summed E-state index contributed by atoms with van der Waals surface area (Å²) in [4.78, 5) is 16.6. The summed E-state index contributed by atoms with van der Waals surface area (Å²) in [7, 11) is 0. The summed E-state index contributed by atoms with van der Waals surface area (Å²) < 4.78 is 6.00. The molecule has 6 nitrogen and oxygen atoms in total. The van der Waals surface area contributed by atoms with Gasteiger partial charge < -0.3 is 4.74 Å². The number of ether oxygens (including phenoxy) is 1. The Bertz CT molecular complexity index is 1060. The molecular weight excluding hydrogens is 396 g/mol. The van der Waals surface area contributed by atoms with Crippen LogP contribution in [0.2, 0.25) is 0 Å². The molecule has 0 bridgehead atoms. The van der Waals surface area contributed by atoms with Gasteiger partial charge >= 0.3 is 0 Å². The first kappa shape index (κ1) is 20.1. The number of benzene rings is 2. The molecule has 152 valence electrons. The fraction of sp³-hybridized carbons (Fsp3) is 0.217. The Morgan fingerprint density at radius 3 is 2.60 bits per heavy atom. The van der Waals surface area contributed by atoms with Crippen molar-refractivity contribution >= 4 is 39.8 Å². The number of aliphatic imine (C=N–C) groups is 1. The molecule has 1 atom stereocenters. The average molecular weight is 419 g/mol. The minimum absolute atomic E-state index is 0.0571. The topological polar surface area (TPSA) is 78.1 Å². The molecule has 2 heterocycles. The van der Waals surface area contributed by atoms with Crippen LogP contribution in [0.5, 0.6) is 5.75 Å². The highest BCUT2D eigenvalue weighted by atomic mass is 32.2. The van der Waals surface area contributed by atoms with E-state index in [4.69, 9.17) is 10.1 Å². The lowest BCUT2D eigenvalue weighted by Crippen LogP contribution is -2.35. The molecule has 0 saturated heterocycles. The van der Waals surface area contributed by atoms with E-state index in [0.717, 1.165) is 34.8 Å². The number of rotatable bonds is 6. The molecule has 2 aromatic carbocycles. The predicted molar refractivity (Wildman–Crippen MR) is 122 cm³/mol. The summed E-state index contributed by atoms with van der Waals surface area (Å²) in [6.07, 6.45) is 3.37. The molecule has 0 spiro atoms. The van der Waals surface area contributed by atoms with Crippen molar-refractivity contribution in [3.63, 3.8) is 0 Å². The van der Waals surface area contributed by atoms with Crippen LogP contribution in [-0.2, 0) is 4.79 Å². The van der Waals surface area contributed by atoms with E-state index in [2.05, 4.69) is 17.0 Å². The lowest BCUT2D eigenvalue weighted by Gasteiger charge is -2.20. The number of amides is 1. The molecule has 0 aromatic heterocycles. The van der Waals surface area contributed by atoms with E-state index in [1.165, 1.54) is 16.8 Å². The molecule has 2 aliphatic rings. The van der Waals surface area contributed by atoms with Gasteiger partial charge in [-0.1, -0.05) is 49.4 Å². The van der Waals surface area contributed by atoms with Crippen LogP contribution in [-0.4, -0.2) is 27.0 Å². The molecule has 1 amide bonds. The Labute approximate surface area is 179 Å². The highest BCUT2D eigenvalue weighted by molar-refractivity contribution is 8.26. The molecule has 0 aliphatic carbocycles. The van der Waals surface area contributed by atoms with E-state index in [1.807, 2.05) is 61.5 Å². The Kier molecular flexibility index (Phi) is 5.81. The zero-order chi connectivity index (χ0) is 21.1. The lowest BCUT2D eigenvalue weighted by molar-refractivity contribution is -0.114. The number of amidine groups is 2. The van der Waals surface area contributed by atoms with Crippen molar-refractivity contribution in [3.8, 4) is 5.75 Å². The van der Waals surface area contributed by atoms with Gasteiger partial charge in [0.1, 0.15) is 16.9 Å². The fourth-order valence-corrected chi connectivity index (χ4v) is 4.14. The van der Waals surface area contributed by atoms with E-state index in [1.54, 1.807) is 6.08 Å². The first-order chi connectivity index (χ1) is 14.5. The van der Waals surface area contributed by atoms with Gasteiger partial charge in [0.25, 0.3) is 5.91 Å². The van der Waals surface area contributed by atoms with Crippen molar-refractivity contribution in [2.45, 2.75) is 32.8 Å². The van der Waals surface area contributed by atoms with E-state index in [0.29, 0.717) is 5.17 Å². The maximum Gasteiger partial charge on any atom is 0.283 e. The number of hydrogen-bond donors (Lipinski definition) is 1. The summed E-state index contributed by atoms with van der Waals surface area (Å²) in [5.74, 6) is 0.384. The number of hydrogen-bond acceptors (Lipinski definition) is 5. The van der Waals surface area contributed by atoms with Gasteiger partial charge in [-0.3, -0.25) is 10.2 Å². The SMILES string of the molecule is CCCC1=NN2C(=N)C(=Cc3ccc(OC(C)c4ccccc4)cc3)C(=O)N=C2S1. The van der Waals surface area contributed by atoms with Crippen LogP contribution in [0, 0.1) is 5.41 Å². The zero-order valence-electron chi connectivity index (χ0n) is 16.8. The molecule has 0 fully saturated rings. The Morgan fingerprint density at radius 1 is 1.17 bits per heavy atom. The minimum Gasteiger partial charge on any atom is -0.486 e. The summed E-state index contributed by atoms with van der Waals surface area (Å²) >= 11 is 1.36. The summed E-state index contributed by atoms with van der Waals surface area (Å²) in [6.45, 7) is 4.07. The number of carbonyl (C=O) groups is 1. The second-order valence-electron chi connectivity index (χ2n) is 7.00. The molecule has 0 radical (unpaired) electrons. The Hall–Kier alpha value is -3.19. The van der Waals surface area contributed by atoms with Crippen LogP contribution in [0.3, 0.4) is 0 Å². The largest absolute Gasteiger partial charge is 0.486 e. The van der Waals surface area contributed by atoms with Crippen LogP contribution >= 0.6 is 11.8 Å². The number of nitrogens with zero attached hydrogens (tertiary/aromatic N) is 3. The highest BCUT2D eigenvalue weighted by Crippen LogP contribution is 2.30. The quantitative estimate of drug-likeness (QED) is 0.650. The van der Waals surface area contributed by atoms with Crippen molar-refractivity contribution in [2.75, 3.05) is 0 Å². The standard InChI is InChI=1S/C23H22N4O2S/c1-3-7-20-26-27-21(24)19(22(28)25-23(27)30-20)14-16-10-12-18(13-11-16)29-15(2)17-8-5-4-6-9-17/h4-6,8-15,24H,3,7H2,1-2H3. The maximum atomic E-state index is 12.5. The lowest BCUT2D eigenvalue weighted by atomic mass is 10.1. The molecular formula is C23H22N4O2S. The number of thioether (sulfide) groups is 1. The third kappa shape index (κ3) is 4.21. The monoisotopic (exact) mass is 418 g/mol. The van der Waals surface area contributed by atoms with E-state index >= 15 is 0 Å². The smallest absolute Gasteiger partial charge is 0.283 e. The minimum atomic E-state index is -0.412. The Morgan fingerprint density at radius 2 is 1.90 bits per heavy atom. The first-order valence-corrected chi connectivity index (χ1v) is 10.7. The molecule has 4 rings (SSSR count). The zero-order valence-corrected chi connectivity index (χ0v) is 17.6. The predicted octanol–water partition coefficient (Wildman–Crippen LogP) is 5.25. The van der Waals surface area contributed by atoms with Crippen molar-refractivity contribution in [3.05, 3.63) is 71.3 Å². The van der Waals surface area contributed by atoms with Gasteiger partial charge in [-0.2, -0.15) is 15.1 Å². The third-order valence-electron chi connectivity index (χ3n) is 4.73. The van der Waals surface area contributed by atoms with Crippen LogP contribution in [0.4, 0.5) is 0 Å².